The van der Waals surface area contributed by atoms with Crippen molar-refractivity contribution in [3.8, 4) is 0 Å². The Balaban J connectivity index is 2.58. The second-order valence-corrected chi connectivity index (χ2v) is 6.80. The maximum absolute atomic E-state index is 11.7. The molecule has 1 aromatic carbocycles. The number of allylic oxidation sites excluding steroid dienone is 2. The Hall–Kier alpha value is -1.13. The van der Waals surface area contributed by atoms with Gasteiger partial charge < -0.3 is 5.11 Å². The van der Waals surface area contributed by atoms with Crippen molar-refractivity contribution in [2.24, 2.45) is 0 Å². The molecule has 0 radical (unpaired) electrons. The molecule has 4 heteroatoms. The zero-order valence-electron chi connectivity index (χ0n) is 9.64. The minimum atomic E-state index is -0.959. The van der Waals surface area contributed by atoms with Gasteiger partial charge in [0.05, 0.1) is 4.91 Å². The second-order valence-electron chi connectivity index (χ2n) is 3.89. The molecule has 2 rings (SSSR count). The first kappa shape index (κ1) is 12.3. The molecule has 17 heavy (non-hydrogen) atoms. The normalized spacial score (nSPS) is 21.6. The predicted octanol–water partition coefficient (Wildman–Crippen LogP) is 3.67. The van der Waals surface area contributed by atoms with E-state index >= 15 is 0 Å². The van der Waals surface area contributed by atoms with Gasteiger partial charge in [-0.15, -0.1) is 12.6 Å². The van der Waals surface area contributed by atoms with Gasteiger partial charge in [0.25, 0.3) is 0 Å². The number of aliphatic hydroxyl groups excluding tert-OH is 1. The number of Topliss-reactive ketones (excluding diaryl/α,β-unsaturated/α-hetero) is 1. The summed E-state index contributed by atoms with van der Waals surface area (Å²) in [5, 5.41) is 9.70. The largest absolute Gasteiger partial charge is 0.511 e. The highest BCUT2D eigenvalue weighted by Crippen LogP contribution is 2.59. The number of ketones is 1. The molecular formula is C13H14O2S2. The van der Waals surface area contributed by atoms with Crippen LogP contribution in [0.2, 0.25) is 0 Å². The lowest BCUT2D eigenvalue weighted by atomic mass is 10.2. The average Bonchev–Trinajstić information content (AvgIpc) is 2.55. The molecule has 0 aliphatic carbocycles. The number of carbonyl (C=O) groups is 1. The summed E-state index contributed by atoms with van der Waals surface area (Å²) in [5.74, 6) is 0.00743. The quantitative estimate of drug-likeness (QED) is 0.434. The van der Waals surface area contributed by atoms with E-state index in [4.69, 9.17) is 0 Å². The lowest BCUT2D eigenvalue weighted by Crippen LogP contribution is -2.01. The minimum absolute atomic E-state index is 0.0900. The molecule has 0 bridgehead atoms. The van der Waals surface area contributed by atoms with Gasteiger partial charge in [0, 0.05) is 9.13 Å². The Morgan fingerprint density at radius 1 is 1.29 bits per heavy atom. The van der Waals surface area contributed by atoms with E-state index in [0.717, 1.165) is 14.7 Å². The summed E-state index contributed by atoms with van der Waals surface area (Å²) < 4.78 is 0.861. The average molecular weight is 266 g/mol. The lowest BCUT2D eigenvalue weighted by Gasteiger charge is -2.21. The van der Waals surface area contributed by atoms with E-state index in [1.165, 1.54) is 6.92 Å². The van der Waals surface area contributed by atoms with Gasteiger partial charge in [0.15, 0.2) is 5.78 Å². The van der Waals surface area contributed by atoms with Crippen molar-refractivity contribution < 1.29 is 9.90 Å². The van der Waals surface area contributed by atoms with Crippen molar-refractivity contribution in [1.29, 1.82) is 0 Å². The summed E-state index contributed by atoms with van der Waals surface area (Å²) in [4.78, 5) is 13.2. The van der Waals surface area contributed by atoms with Crippen LogP contribution in [0.4, 0.5) is 0 Å². The van der Waals surface area contributed by atoms with Gasteiger partial charge in [0.2, 0.25) is 0 Å². The molecule has 1 aliphatic heterocycles. The number of benzene rings is 1. The number of hydrogen-bond donors (Lipinski definition) is 3. The SMILES string of the molecule is CC(=O)C(=C(C)O)[SH]1C(S)=Cc2ccccc21. The molecule has 1 aromatic rings. The molecule has 1 N–H and O–H groups in total. The molecule has 1 unspecified atom stereocenters. The molecule has 0 aromatic heterocycles. The second kappa shape index (κ2) is 4.63. The first-order valence-corrected chi connectivity index (χ1v) is 7.02. The van der Waals surface area contributed by atoms with E-state index in [2.05, 4.69) is 12.6 Å². The Morgan fingerprint density at radius 3 is 2.53 bits per heavy atom. The maximum atomic E-state index is 11.7. The molecule has 0 saturated heterocycles. The molecule has 0 saturated carbocycles. The molecule has 1 aliphatic rings. The first-order chi connectivity index (χ1) is 8.02. The van der Waals surface area contributed by atoms with Crippen molar-refractivity contribution >= 4 is 35.4 Å². The Kier molecular flexibility index (Phi) is 3.35. The number of aliphatic hydroxyl groups is 1. The van der Waals surface area contributed by atoms with Crippen molar-refractivity contribution in [3.05, 3.63) is 44.7 Å². The Labute approximate surface area is 109 Å². The van der Waals surface area contributed by atoms with Gasteiger partial charge in [-0.2, -0.15) is 10.9 Å². The van der Waals surface area contributed by atoms with Gasteiger partial charge in [-0.25, -0.2) is 0 Å². The van der Waals surface area contributed by atoms with Gasteiger partial charge in [0.1, 0.15) is 5.76 Å². The van der Waals surface area contributed by atoms with Crippen LogP contribution in [0.15, 0.2) is 44.1 Å². The fourth-order valence-electron chi connectivity index (χ4n) is 1.95. The number of hydrogen-bond acceptors (Lipinski definition) is 3. The van der Waals surface area contributed by atoms with Gasteiger partial charge in [-0.3, -0.25) is 4.79 Å². The molecule has 90 valence electrons. The van der Waals surface area contributed by atoms with Crippen molar-refractivity contribution in [3.63, 3.8) is 0 Å². The third kappa shape index (κ3) is 2.15. The van der Waals surface area contributed by atoms with Crippen LogP contribution in [0.5, 0.6) is 0 Å². The van der Waals surface area contributed by atoms with Gasteiger partial charge >= 0.3 is 0 Å². The molecule has 0 amide bonds. The van der Waals surface area contributed by atoms with Crippen LogP contribution < -0.4 is 0 Å². The highest BCUT2D eigenvalue weighted by atomic mass is 32.2. The van der Waals surface area contributed by atoms with E-state index in [1.807, 2.05) is 30.3 Å². The zero-order valence-corrected chi connectivity index (χ0v) is 11.4. The summed E-state index contributed by atoms with van der Waals surface area (Å²) in [6.45, 7) is 3.04. The molecule has 1 heterocycles. The summed E-state index contributed by atoms with van der Waals surface area (Å²) in [6.07, 6.45) is 1.97. The monoisotopic (exact) mass is 266 g/mol. The first-order valence-electron chi connectivity index (χ1n) is 5.23. The van der Waals surface area contributed by atoms with Crippen LogP contribution in [0.3, 0.4) is 0 Å². The molecule has 1 atom stereocenters. The van der Waals surface area contributed by atoms with E-state index in [1.54, 1.807) is 6.92 Å². The maximum Gasteiger partial charge on any atom is 0.168 e. The van der Waals surface area contributed by atoms with Crippen LogP contribution >= 0.6 is 23.5 Å². The van der Waals surface area contributed by atoms with Crippen molar-refractivity contribution in [2.45, 2.75) is 18.7 Å². The fourth-order valence-corrected chi connectivity index (χ4v) is 4.97. The summed E-state index contributed by atoms with van der Waals surface area (Å²) in [5.41, 5.74) is 1.09. The third-order valence-electron chi connectivity index (χ3n) is 2.59. The Bertz CT molecular complexity index is 540. The lowest BCUT2D eigenvalue weighted by molar-refractivity contribution is -0.113. The predicted molar refractivity (Wildman–Crippen MR) is 76.7 cm³/mol. The smallest absolute Gasteiger partial charge is 0.168 e. The molecule has 2 nitrogen and oxygen atoms in total. The van der Waals surface area contributed by atoms with Gasteiger partial charge in [-0.1, -0.05) is 18.2 Å². The van der Waals surface area contributed by atoms with Crippen LogP contribution in [0, 0.1) is 0 Å². The number of fused-ring (bicyclic) bond motifs is 1. The third-order valence-corrected chi connectivity index (χ3v) is 5.88. The minimum Gasteiger partial charge on any atom is -0.511 e. The van der Waals surface area contributed by atoms with E-state index < -0.39 is 10.9 Å². The fraction of sp³-hybridized carbons (Fsp3) is 0.154. The number of thiol groups is 2. The van der Waals surface area contributed by atoms with E-state index in [0.29, 0.717) is 4.91 Å². The Morgan fingerprint density at radius 2 is 1.94 bits per heavy atom. The van der Waals surface area contributed by atoms with E-state index in [9.17, 15) is 9.90 Å². The van der Waals surface area contributed by atoms with Crippen LogP contribution in [-0.2, 0) is 4.79 Å². The van der Waals surface area contributed by atoms with Crippen molar-refractivity contribution in [2.75, 3.05) is 0 Å². The van der Waals surface area contributed by atoms with Crippen molar-refractivity contribution in [1.82, 2.24) is 0 Å². The number of carbonyl (C=O) groups excluding carboxylic acids is 1. The molecule has 0 spiro atoms. The van der Waals surface area contributed by atoms with Crippen LogP contribution in [0.1, 0.15) is 19.4 Å². The van der Waals surface area contributed by atoms with Crippen LogP contribution in [-0.4, -0.2) is 10.9 Å². The zero-order chi connectivity index (χ0) is 12.6. The standard InChI is InChI=1S/C13H14O2S2/c1-8(14)13(9(2)15)17-11-6-4-3-5-10(11)7-12(17)16/h3-7,14,16-17H,1-2H3. The van der Waals surface area contributed by atoms with Gasteiger partial charge in [-0.05, 0) is 31.6 Å². The van der Waals surface area contributed by atoms with E-state index in [-0.39, 0.29) is 11.5 Å². The highest BCUT2D eigenvalue weighted by Gasteiger charge is 2.27. The summed E-state index contributed by atoms with van der Waals surface area (Å²) >= 11 is 4.45. The number of rotatable bonds is 2. The summed E-state index contributed by atoms with van der Waals surface area (Å²) in [6, 6.07) is 7.89. The molecule has 0 fully saturated rings. The van der Waals surface area contributed by atoms with Crippen LogP contribution in [0.25, 0.3) is 6.08 Å². The summed E-state index contributed by atoms with van der Waals surface area (Å²) in [7, 11) is -0.959. The molecular weight excluding hydrogens is 252 g/mol. The topological polar surface area (TPSA) is 37.3 Å². The highest BCUT2D eigenvalue weighted by molar-refractivity contribution is 8.32.